The van der Waals surface area contributed by atoms with Gasteiger partial charge in [0.05, 0.1) is 34.4 Å². The Balaban J connectivity index is 1.71. The van der Waals surface area contributed by atoms with E-state index in [0.717, 1.165) is 25.9 Å². The number of sulfonamides is 1. The Labute approximate surface area is 185 Å². The fraction of sp³-hybridized carbons (Fsp3) is 0.381. The number of amides is 1. The topological polar surface area (TPSA) is 79.0 Å². The third kappa shape index (κ3) is 4.55. The van der Waals surface area contributed by atoms with Crippen molar-refractivity contribution in [1.82, 2.24) is 4.31 Å². The molecule has 2 aromatic carbocycles. The molecule has 0 aromatic heterocycles. The van der Waals surface area contributed by atoms with Crippen LogP contribution in [0.25, 0.3) is 0 Å². The van der Waals surface area contributed by atoms with E-state index in [1.165, 1.54) is 34.6 Å². The van der Waals surface area contributed by atoms with Crippen LogP contribution >= 0.6 is 11.6 Å². The van der Waals surface area contributed by atoms with Crippen LogP contribution in [0.2, 0.25) is 5.02 Å². The van der Waals surface area contributed by atoms with E-state index in [-0.39, 0.29) is 34.3 Å². The van der Waals surface area contributed by atoms with Crippen LogP contribution in [0.1, 0.15) is 23.2 Å². The second-order valence-electron chi connectivity index (χ2n) is 7.45. The first-order chi connectivity index (χ1) is 14.9. The van der Waals surface area contributed by atoms with Gasteiger partial charge in [0.2, 0.25) is 10.0 Å². The van der Waals surface area contributed by atoms with Gasteiger partial charge in [-0.1, -0.05) is 17.7 Å². The summed E-state index contributed by atoms with van der Waals surface area (Å²) in [6.45, 7) is 2.69. The summed E-state index contributed by atoms with van der Waals surface area (Å²) in [5.41, 5.74) is 0.736. The standard InChI is InChI=1S/C21H23ClFN3O4S/c22-17-4-3-5-18(20(17)23)24-21(27)16-14-15(6-7-19(16)25-8-1-2-9-25)31(28,29)26-10-12-30-13-11-26/h3-7,14H,1-2,8-13H2,(H,24,27). The monoisotopic (exact) mass is 467 g/mol. The van der Waals surface area contributed by atoms with Crippen LogP contribution in [0, 0.1) is 5.82 Å². The van der Waals surface area contributed by atoms with Gasteiger partial charge in [0, 0.05) is 31.9 Å². The number of halogens is 2. The maximum absolute atomic E-state index is 14.3. The molecule has 166 valence electrons. The zero-order chi connectivity index (χ0) is 22.0. The predicted octanol–water partition coefficient (Wildman–Crippen LogP) is 3.35. The average molecular weight is 468 g/mol. The Hall–Kier alpha value is -2.20. The quantitative estimate of drug-likeness (QED) is 0.729. The van der Waals surface area contributed by atoms with E-state index < -0.39 is 21.7 Å². The Bertz CT molecular complexity index is 1080. The second-order valence-corrected chi connectivity index (χ2v) is 9.79. The molecule has 0 saturated carbocycles. The molecule has 7 nitrogen and oxygen atoms in total. The fourth-order valence-corrected chi connectivity index (χ4v) is 5.43. The highest BCUT2D eigenvalue weighted by atomic mass is 35.5. The molecule has 2 saturated heterocycles. The maximum Gasteiger partial charge on any atom is 0.257 e. The lowest BCUT2D eigenvalue weighted by Gasteiger charge is -2.27. The van der Waals surface area contributed by atoms with Crippen LogP contribution in [0.3, 0.4) is 0 Å². The Morgan fingerprint density at radius 1 is 1.06 bits per heavy atom. The summed E-state index contributed by atoms with van der Waals surface area (Å²) in [4.78, 5) is 15.2. The van der Waals surface area contributed by atoms with Crippen molar-refractivity contribution in [2.45, 2.75) is 17.7 Å². The molecule has 0 spiro atoms. The summed E-state index contributed by atoms with van der Waals surface area (Å²) in [6, 6.07) is 8.87. The average Bonchev–Trinajstić information content (AvgIpc) is 3.32. The highest BCUT2D eigenvalue weighted by molar-refractivity contribution is 7.89. The summed E-state index contributed by atoms with van der Waals surface area (Å²) in [6.07, 6.45) is 1.97. The van der Waals surface area contributed by atoms with Crippen LogP contribution in [-0.2, 0) is 14.8 Å². The van der Waals surface area contributed by atoms with E-state index in [4.69, 9.17) is 16.3 Å². The van der Waals surface area contributed by atoms with E-state index >= 15 is 0 Å². The smallest absolute Gasteiger partial charge is 0.257 e. The first kappa shape index (κ1) is 22.0. The van der Waals surface area contributed by atoms with Crippen LogP contribution in [0.4, 0.5) is 15.8 Å². The van der Waals surface area contributed by atoms with Gasteiger partial charge in [-0.3, -0.25) is 4.79 Å². The maximum atomic E-state index is 14.3. The Morgan fingerprint density at radius 2 is 1.77 bits per heavy atom. The molecule has 31 heavy (non-hydrogen) atoms. The molecule has 2 fully saturated rings. The molecule has 1 amide bonds. The molecular formula is C21H23ClFN3O4S. The van der Waals surface area contributed by atoms with Gasteiger partial charge in [-0.15, -0.1) is 0 Å². The van der Waals surface area contributed by atoms with Crippen molar-refractivity contribution >= 4 is 38.9 Å². The molecule has 10 heteroatoms. The lowest BCUT2D eigenvalue weighted by atomic mass is 10.1. The van der Waals surface area contributed by atoms with Crippen molar-refractivity contribution in [3.8, 4) is 0 Å². The minimum Gasteiger partial charge on any atom is -0.379 e. The van der Waals surface area contributed by atoms with Gasteiger partial charge in [0.15, 0.2) is 5.82 Å². The zero-order valence-corrected chi connectivity index (χ0v) is 18.4. The minimum absolute atomic E-state index is 0.0223. The summed E-state index contributed by atoms with van der Waals surface area (Å²) >= 11 is 5.82. The highest BCUT2D eigenvalue weighted by Crippen LogP contribution is 2.30. The normalized spacial score (nSPS) is 17.7. The van der Waals surface area contributed by atoms with Crippen molar-refractivity contribution in [2.24, 2.45) is 0 Å². The second kappa shape index (κ2) is 9.12. The molecule has 2 aliphatic heterocycles. The highest BCUT2D eigenvalue weighted by Gasteiger charge is 2.29. The number of hydrogen-bond acceptors (Lipinski definition) is 5. The van der Waals surface area contributed by atoms with E-state index in [1.54, 1.807) is 6.07 Å². The number of morpholine rings is 1. The van der Waals surface area contributed by atoms with Gasteiger partial charge in [0.25, 0.3) is 5.91 Å². The largest absolute Gasteiger partial charge is 0.379 e. The Kier molecular flexibility index (Phi) is 6.47. The lowest BCUT2D eigenvalue weighted by molar-refractivity contribution is 0.0730. The molecule has 0 atom stereocenters. The summed E-state index contributed by atoms with van der Waals surface area (Å²) in [5.74, 6) is -1.33. The molecule has 0 radical (unpaired) electrons. The number of hydrogen-bond donors (Lipinski definition) is 1. The number of rotatable bonds is 5. The molecule has 0 aliphatic carbocycles. The summed E-state index contributed by atoms with van der Waals surface area (Å²) < 4.78 is 47.1. The molecule has 0 unspecified atom stereocenters. The number of nitrogens with one attached hydrogen (secondary N) is 1. The number of carbonyl (C=O) groups excluding carboxylic acids is 1. The lowest BCUT2D eigenvalue weighted by Crippen LogP contribution is -2.40. The van der Waals surface area contributed by atoms with E-state index in [2.05, 4.69) is 5.32 Å². The van der Waals surface area contributed by atoms with Crippen molar-refractivity contribution in [1.29, 1.82) is 0 Å². The van der Waals surface area contributed by atoms with E-state index in [1.807, 2.05) is 4.90 Å². The molecule has 2 aromatic rings. The van der Waals surface area contributed by atoms with Gasteiger partial charge in [-0.25, -0.2) is 12.8 Å². The molecule has 2 heterocycles. The van der Waals surface area contributed by atoms with Gasteiger partial charge in [0.1, 0.15) is 0 Å². The molecule has 2 aliphatic rings. The molecule has 4 rings (SSSR count). The minimum atomic E-state index is -3.79. The molecule has 0 bridgehead atoms. The van der Waals surface area contributed by atoms with E-state index in [0.29, 0.717) is 18.9 Å². The van der Waals surface area contributed by atoms with Crippen molar-refractivity contribution in [3.05, 3.63) is 52.8 Å². The van der Waals surface area contributed by atoms with Crippen LogP contribution in [0.15, 0.2) is 41.3 Å². The predicted molar refractivity (Wildman–Crippen MR) is 117 cm³/mol. The zero-order valence-electron chi connectivity index (χ0n) is 16.8. The van der Waals surface area contributed by atoms with Crippen LogP contribution in [0.5, 0.6) is 0 Å². The summed E-state index contributed by atoms with van der Waals surface area (Å²) in [7, 11) is -3.79. The van der Waals surface area contributed by atoms with E-state index in [9.17, 15) is 17.6 Å². The Morgan fingerprint density at radius 3 is 2.48 bits per heavy atom. The van der Waals surface area contributed by atoms with Crippen LogP contribution < -0.4 is 10.2 Å². The third-order valence-corrected chi connectivity index (χ3v) is 7.65. The van der Waals surface area contributed by atoms with Crippen molar-refractivity contribution in [2.75, 3.05) is 49.6 Å². The van der Waals surface area contributed by atoms with Gasteiger partial charge in [-0.2, -0.15) is 4.31 Å². The number of nitrogens with zero attached hydrogens (tertiary/aromatic N) is 2. The summed E-state index contributed by atoms with van der Waals surface area (Å²) in [5, 5.41) is 2.43. The third-order valence-electron chi connectivity index (χ3n) is 5.47. The molecular weight excluding hydrogens is 445 g/mol. The van der Waals surface area contributed by atoms with Gasteiger partial charge < -0.3 is 15.0 Å². The number of anilines is 2. The molecule has 1 N–H and O–H groups in total. The SMILES string of the molecule is O=C(Nc1cccc(Cl)c1F)c1cc(S(=O)(=O)N2CCOCC2)ccc1N1CCCC1. The van der Waals surface area contributed by atoms with Crippen LogP contribution in [-0.4, -0.2) is 58.0 Å². The first-order valence-corrected chi connectivity index (χ1v) is 11.9. The van der Waals surface area contributed by atoms with Gasteiger partial charge in [-0.05, 0) is 43.2 Å². The van der Waals surface area contributed by atoms with Crippen molar-refractivity contribution in [3.63, 3.8) is 0 Å². The fourth-order valence-electron chi connectivity index (χ4n) is 3.82. The number of carbonyl (C=O) groups is 1. The first-order valence-electron chi connectivity index (χ1n) is 10.1. The van der Waals surface area contributed by atoms with Crippen molar-refractivity contribution < 1.29 is 22.3 Å². The van der Waals surface area contributed by atoms with Gasteiger partial charge >= 0.3 is 0 Å². The number of ether oxygens (including phenoxy) is 1. The number of benzene rings is 2.